The van der Waals surface area contributed by atoms with Crippen molar-refractivity contribution in [3.05, 3.63) is 49.1 Å². The Bertz CT molecular complexity index is 401. The number of hydrogen-bond acceptors (Lipinski definition) is 5. The second-order valence-corrected chi connectivity index (χ2v) is 3.03. The molecule has 5 nitrogen and oxygen atoms in total. The van der Waals surface area contributed by atoms with Gasteiger partial charge in [0.15, 0.2) is 5.78 Å². The van der Waals surface area contributed by atoms with Crippen LogP contribution in [-0.2, 0) is 20.9 Å². The molecule has 1 rings (SSSR count). The Morgan fingerprint density at radius 1 is 1.28 bits per heavy atom. The minimum Gasteiger partial charge on any atom is -0.460 e. The number of rotatable bonds is 5. The predicted molar refractivity (Wildman–Crippen MR) is 67.4 cm³/mol. The fraction of sp³-hybridized carbons (Fsp3) is 0.154. The van der Waals surface area contributed by atoms with Crippen LogP contribution in [0.25, 0.3) is 0 Å². The highest BCUT2D eigenvalue weighted by Gasteiger charge is 2.08. The summed E-state index contributed by atoms with van der Waals surface area (Å²) in [6.07, 6.45) is 0.251. The van der Waals surface area contributed by atoms with E-state index in [0.717, 1.165) is 5.56 Å². The van der Waals surface area contributed by atoms with E-state index in [4.69, 9.17) is 9.94 Å². The van der Waals surface area contributed by atoms with Gasteiger partial charge in [0, 0.05) is 0 Å². The maximum absolute atomic E-state index is 11.1. The maximum Gasteiger partial charge on any atom is 0.314 e. The molecule has 0 radical (unpaired) electrons. The molecular weight excluding hydrogens is 234 g/mol. The predicted octanol–water partition coefficient (Wildman–Crippen LogP) is 1.95. The van der Waals surface area contributed by atoms with Crippen molar-refractivity contribution in [2.45, 2.75) is 13.0 Å². The quantitative estimate of drug-likeness (QED) is 0.216. The van der Waals surface area contributed by atoms with Gasteiger partial charge in [-0.3, -0.25) is 9.59 Å². The molecule has 0 saturated heterocycles. The number of esters is 1. The van der Waals surface area contributed by atoms with Gasteiger partial charge >= 0.3 is 5.97 Å². The van der Waals surface area contributed by atoms with Gasteiger partial charge < -0.3 is 9.94 Å². The van der Waals surface area contributed by atoms with Crippen molar-refractivity contribution >= 4 is 18.0 Å². The van der Waals surface area contributed by atoms with Gasteiger partial charge in [-0.05, 0) is 5.56 Å². The molecule has 96 valence electrons. The Labute approximate surface area is 105 Å². The van der Waals surface area contributed by atoms with Crippen molar-refractivity contribution in [1.29, 1.82) is 0 Å². The van der Waals surface area contributed by atoms with Gasteiger partial charge in [0.1, 0.15) is 19.2 Å². The molecule has 0 bridgehead atoms. The number of hydrogen-bond donors (Lipinski definition) is 1. The van der Waals surface area contributed by atoms with E-state index >= 15 is 0 Å². The van der Waals surface area contributed by atoms with Gasteiger partial charge in [-0.1, -0.05) is 35.5 Å². The lowest BCUT2D eigenvalue weighted by atomic mass is 10.2. The zero-order valence-corrected chi connectivity index (χ0v) is 9.91. The number of oxime groups is 1. The first kappa shape index (κ1) is 15.6. The molecule has 0 spiro atoms. The number of Topliss-reactive ketones (excluding diaryl/α,β-unsaturated/α-hetero) is 1. The summed E-state index contributed by atoms with van der Waals surface area (Å²) >= 11 is 0. The zero-order chi connectivity index (χ0) is 13.8. The third kappa shape index (κ3) is 6.95. The van der Waals surface area contributed by atoms with Crippen LogP contribution in [0.1, 0.15) is 12.0 Å². The van der Waals surface area contributed by atoms with Crippen LogP contribution in [0.5, 0.6) is 0 Å². The van der Waals surface area contributed by atoms with Crippen molar-refractivity contribution in [2.75, 3.05) is 0 Å². The van der Waals surface area contributed by atoms with Crippen molar-refractivity contribution in [3.63, 3.8) is 0 Å². The molecule has 0 heterocycles. The lowest BCUT2D eigenvalue weighted by molar-refractivity contribution is -0.146. The third-order valence-electron chi connectivity index (χ3n) is 1.76. The van der Waals surface area contributed by atoms with E-state index in [1.54, 1.807) is 0 Å². The molecule has 0 aliphatic carbocycles. The fourth-order valence-electron chi connectivity index (χ4n) is 1.04. The van der Waals surface area contributed by atoms with Crippen molar-refractivity contribution in [2.24, 2.45) is 5.16 Å². The third-order valence-corrected chi connectivity index (χ3v) is 1.76. The van der Waals surface area contributed by atoms with E-state index in [9.17, 15) is 9.59 Å². The standard InChI is InChI=1S/C11H11NO4.C2H4/c13-10(7-12-15)6-11(14)16-8-9-4-2-1-3-5-9;1-2/h1-5,7,15H,6,8H2;1-2H2. The largest absolute Gasteiger partial charge is 0.460 e. The summed E-state index contributed by atoms with van der Waals surface area (Å²) in [5.74, 6) is -1.24. The number of ether oxygens (including phenoxy) is 1. The van der Waals surface area contributed by atoms with Gasteiger partial charge in [-0.15, -0.1) is 13.2 Å². The van der Waals surface area contributed by atoms with E-state index in [-0.39, 0.29) is 6.61 Å². The molecule has 18 heavy (non-hydrogen) atoms. The van der Waals surface area contributed by atoms with Crippen LogP contribution in [0, 0.1) is 0 Å². The summed E-state index contributed by atoms with van der Waals surface area (Å²) in [6, 6.07) is 9.13. The number of carbonyl (C=O) groups excluding carboxylic acids is 2. The van der Waals surface area contributed by atoms with Gasteiger partial charge in [0.05, 0.1) is 0 Å². The average Bonchev–Trinajstić information content (AvgIpc) is 2.40. The minimum absolute atomic E-state index is 0.128. The van der Waals surface area contributed by atoms with Gasteiger partial charge in [0.2, 0.25) is 0 Å². The van der Waals surface area contributed by atoms with Crippen LogP contribution < -0.4 is 0 Å². The Balaban J connectivity index is 0.00000137. The molecule has 0 aliphatic rings. The van der Waals surface area contributed by atoms with Crippen LogP contribution in [0.15, 0.2) is 48.6 Å². The van der Waals surface area contributed by atoms with E-state index in [1.807, 2.05) is 30.3 Å². The highest BCUT2D eigenvalue weighted by atomic mass is 16.5. The summed E-state index contributed by atoms with van der Waals surface area (Å²) in [5, 5.41) is 10.6. The molecule has 0 saturated carbocycles. The molecule has 0 aliphatic heterocycles. The first-order valence-corrected chi connectivity index (χ1v) is 5.12. The molecular formula is C13H15NO4. The zero-order valence-electron chi connectivity index (χ0n) is 9.91. The lowest BCUT2D eigenvalue weighted by Gasteiger charge is -2.02. The molecule has 0 aromatic heterocycles. The molecule has 0 fully saturated rings. The van der Waals surface area contributed by atoms with Gasteiger partial charge in [-0.25, -0.2) is 0 Å². The van der Waals surface area contributed by atoms with Crippen molar-refractivity contribution in [1.82, 2.24) is 0 Å². The molecule has 0 amide bonds. The topological polar surface area (TPSA) is 76.0 Å². The van der Waals surface area contributed by atoms with Gasteiger partial charge in [0.25, 0.3) is 0 Å². The highest BCUT2D eigenvalue weighted by molar-refractivity contribution is 6.31. The average molecular weight is 249 g/mol. The minimum atomic E-state index is -0.645. The Hall–Kier alpha value is -2.43. The van der Waals surface area contributed by atoms with Crippen LogP contribution in [0.3, 0.4) is 0 Å². The molecule has 0 unspecified atom stereocenters. The second-order valence-electron chi connectivity index (χ2n) is 3.03. The summed E-state index contributed by atoms with van der Waals surface area (Å²) in [7, 11) is 0. The summed E-state index contributed by atoms with van der Waals surface area (Å²) < 4.78 is 4.84. The number of ketones is 1. The molecule has 1 N–H and O–H groups in total. The number of benzene rings is 1. The van der Waals surface area contributed by atoms with Crippen molar-refractivity contribution < 1.29 is 19.5 Å². The summed E-state index contributed by atoms with van der Waals surface area (Å²) in [4.78, 5) is 22.0. The van der Waals surface area contributed by atoms with E-state index in [0.29, 0.717) is 6.21 Å². The Morgan fingerprint density at radius 3 is 2.44 bits per heavy atom. The first-order chi connectivity index (χ1) is 8.72. The SMILES string of the molecule is C=C.O=C(C=NO)CC(=O)OCc1ccccc1. The van der Waals surface area contributed by atoms with Crippen LogP contribution in [0.4, 0.5) is 0 Å². The molecule has 1 aromatic rings. The second kappa shape index (κ2) is 9.77. The molecule has 1 aromatic carbocycles. The van der Waals surface area contributed by atoms with Crippen molar-refractivity contribution in [3.8, 4) is 0 Å². The van der Waals surface area contributed by atoms with E-state index < -0.39 is 18.2 Å². The molecule has 0 atom stereocenters. The monoisotopic (exact) mass is 249 g/mol. The highest BCUT2D eigenvalue weighted by Crippen LogP contribution is 2.01. The maximum atomic E-state index is 11.1. The fourth-order valence-corrected chi connectivity index (χ4v) is 1.04. The lowest BCUT2D eigenvalue weighted by Crippen LogP contribution is -2.11. The van der Waals surface area contributed by atoms with Crippen LogP contribution in [0.2, 0.25) is 0 Å². The van der Waals surface area contributed by atoms with Crippen LogP contribution >= 0.6 is 0 Å². The number of nitrogens with zero attached hydrogens (tertiary/aromatic N) is 1. The normalized spacial score (nSPS) is 9.33. The smallest absolute Gasteiger partial charge is 0.314 e. The van der Waals surface area contributed by atoms with E-state index in [2.05, 4.69) is 18.3 Å². The Morgan fingerprint density at radius 2 is 1.89 bits per heavy atom. The number of carbonyl (C=O) groups is 2. The van der Waals surface area contributed by atoms with E-state index in [1.165, 1.54) is 0 Å². The van der Waals surface area contributed by atoms with Crippen LogP contribution in [-0.4, -0.2) is 23.2 Å². The first-order valence-electron chi connectivity index (χ1n) is 5.12. The molecule has 5 heteroatoms. The summed E-state index contributed by atoms with van der Waals surface area (Å²) in [5.41, 5.74) is 0.846. The van der Waals surface area contributed by atoms with Gasteiger partial charge in [-0.2, -0.15) is 0 Å². The Kier molecular flexibility index (Phi) is 8.45. The summed E-state index contributed by atoms with van der Waals surface area (Å²) in [6.45, 7) is 6.13.